The lowest BCUT2D eigenvalue weighted by Crippen LogP contribution is -2.18. The number of rotatable bonds is 2. The molecule has 0 radical (unpaired) electrons. The Labute approximate surface area is 96.8 Å². The summed E-state index contributed by atoms with van der Waals surface area (Å²) >= 11 is 3.00. The van der Waals surface area contributed by atoms with E-state index in [0.717, 1.165) is 17.9 Å². The molecule has 0 aliphatic carbocycles. The molecule has 1 saturated heterocycles. The zero-order chi connectivity index (χ0) is 11.3. The van der Waals surface area contributed by atoms with E-state index in [1.165, 1.54) is 37.7 Å². The Morgan fingerprint density at radius 2 is 1.53 bits per heavy atom. The van der Waals surface area contributed by atoms with Crippen molar-refractivity contribution in [1.82, 2.24) is 0 Å². The van der Waals surface area contributed by atoms with Gasteiger partial charge >= 0.3 is 11.9 Å². The van der Waals surface area contributed by atoms with Crippen molar-refractivity contribution < 1.29 is 19.1 Å². The normalized spacial score (nSPS) is 15.7. The Bertz CT molecular complexity index is 272. The number of ether oxygens (including phenoxy) is 2. The first-order chi connectivity index (χ1) is 7.20. The van der Waals surface area contributed by atoms with Gasteiger partial charge in [-0.25, -0.2) is 9.59 Å². The standard InChI is InChI=1S/C9H12O4S2/c1-12-7(10)6(8(11)13-2)9-14-4-3-5-15-9/h3-5H2,1-2H3. The molecular formula is C9H12O4S2. The van der Waals surface area contributed by atoms with E-state index in [4.69, 9.17) is 0 Å². The van der Waals surface area contributed by atoms with E-state index < -0.39 is 11.9 Å². The summed E-state index contributed by atoms with van der Waals surface area (Å²) in [7, 11) is 2.51. The van der Waals surface area contributed by atoms with Crippen LogP contribution in [0.2, 0.25) is 0 Å². The molecule has 1 aliphatic heterocycles. The zero-order valence-corrected chi connectivity index (χ0v) is 10.2. The van der Waals surface area contributed by atoms with Crippen molar-refractivity contribution in [3.8, 4) is 0 Å². The first-order valence-corrected chi connectivity index (χ1v) is 6.34. The van der Waals surface area contributed by atoms with Crippen LogP contribution in [-0.2, 0) is 19.1 Å². The van der Waals surface area contributed by atoms with E-state index in [0.29, 0.717) is 4.24 Å². The Balaban J connectivity index is 2.96. The molecule has 6 heteroatoms. The molecular weight excluding hydrogens is 236 g/mol. The van der Waals surface area contributed by atoms with Crippen LogP contribution in [0.3, 0.4) is 0 Å². The highest BCUT2D eigenvalue weighted by Crippen LogP contribution is 2.37. The number of thioether (sulfide) groups is 2. The second-order valence-corrected chi connectivity index (χ2v) is 5.16. The summed E-state index contributed by atoms with van der Waals surface area (Å²) in [6.07, 6.45) is 1.08. The molecule has 1 rings (SSSR count). The Morgan fingerprint density at radius 3 is 1.93 bits per heavy atom. The van der Waals surface area contributed by atoms with Crippen LogP contribution < -0.4 is 0 Å². The van der Waals surface area contributed by atoms with Gasteiger partial charge in [-0.2, -0.15) is 0 Å². The zero-order valence-electron chi connectivity index (χ0n) is 8.57. The highest BCUT2D eigenvalue weighted by atomic mass is 32.2. The maximum Gasteiger partial charge on any atom is 0.347 e. The smallest absolute Gasteiger partial charge is 0.347 e. The molecule has 0 spiro atoms. The molecule has 0 amide bonds. The van der Waals surface area contributed by atoms with Crippen LogP contribution >= 0.6 is 23.5 Å². The minimum absolute atomic E-state index is 0.0229. The van der Waals surface area contributed by atoms with Gasteiger partial charge in [-0.3, -0.25) is 0 Å². The van der Waals surface area contributed by atoms with Crippen LogP contribution in [0, 0.1) is 0 Å². The third-order valence-corrected chi connectivity index (χ3v) is 4.36. The lowest BCUT2D eigenvalue weighted by atomic mass is 10.3. The molecule has 15 heavy (non-hydrogen) atoms. The van der Waals surface area contributed by atoms with Gasteiger partial charge < -0.3 is 9.47 Å². The lowest BCUT2D eigenvalue weighted by molar-refractivity contribution is -0.144. The van der Waals surface area contributed by atoms with Gasteiger partial charge in [-0.05, 0) is 17.9 Å². The molecule has 0 atom stereocenters. The third-order valence-electron chi connectivity index (χ3n) is 1.74. The van der Waals surface area contributed by atoms with Crippen LogP contribution in [-0.4, -0.2) is 37.7 Å². The van der Waals surface area contributed by atoms with E-state index in [9.17, 15) is 9.59 Å². The van der Waals surface area contributed by atoms with Gasteiger partial charge in [0.15, 0.2) is 5.57 Å². The summed E-state index contributed by atoms with van der Waals surface area (Å²) in [5, 5.41) is 0. The second-order valence-electron chi connectivity index (χ2n) is 2.70. The van der Waals surface area contributed by atoms with E-state index in [2.05, 4.69) is 9.47 Å². The van der Waals surface area contributed by atoms with Crippen molar-refractivity contribution in [2.75, 3.05) is 25.7 Å². The second kappa shape index (κ2) is 6.07. The molecule has 0 unspecified atom stereocenters. The molecule has 1 fully saturated rings. The van der Waals surface area contributed by atoms with Gasteiger partial charge in [0.1, 0.15) is 0 Å². The molecule has 84 valence electrons. The average Bonchev–Trinajstić information content (AvgIpc) is 2.30. The fraction of sp³-hybridized carbons (Fsp3) is 0.556. The lowest BCUT2D eigenvalue weighted by Gasteiger charge is -2.15. The number of esters is 2. The predicted molar refractivity (Wildman–Crippen MR) is 60.6 cm³/mol. The fourth-order valence-corrected chi connectivity index (χ4v) is 3.61. The summed E-state index contributed by atoms with van der Waals surface area (Å²) in [6.45, 7) is 0. The SMILES string of the molecule is COC(=O)C(C(=O)OC)=C1SCCCS1. The number of carbonyl (C=O) groups excluding carboxylic acids is 2. The van der Waals surface area contributed by atoms with E-state index in [-0.39, 0.29) is 5.57 Å². The first kappa shape index (κ1) is 12.4. The minimum atomic E-state index is -0.626. The maximum atomic E-state index is 11.4. The van der Waals surface area contributed by atoms with Crippen molar-refractivity contribution in [2.45, 2.75) is 6.42 Å². The fourth-order valence-electron chi connectivity index (χ4n) is 1.03. The van der Waals surface area contributed by atoms with E-state index in [1.807, 2.05) is 0 Å². The largest absolute Gasteiger partial charge is 0.465 e. The van der Waals surface area contributed by atoms with Gasteiger partial charge in [0.2, 0.25) is 0 Å². The molecule has 0 aromatic rings. The van der Waals surface area contributed by atoms with Crippen LogP contribution in [0.15, 0.2) is 9.81 Å². The van der Waals surface area contributed by atoms with Crippen LogP contribution in [0.1, 0.15) is 6.42 Å². The highest BCUT2D eigenvalue weighted by Gasteiger charge is 2.26. The summed E-state index contributed by atoms with van der Waals surface area (Å²) in [5.41, 5.74) is 0.0229. The average molecular weight is 248 g/mol. The monoisotopic (exact) mass is 248 g/mol. The van der Waals surface area contributed by atoms with Crippen molar-refractivity contribution in [3.05, 3.63) is 9.81 Å². The van der Waals surface area contributed by atoms with Crippen molar-refractivity contribution in [1.29, 1.82) is 0 Å². The van der Waals surface area contributed by atoms with Crippen LogP contribution in [0.4, 0.5) is 0 Å². The number of carbonyl (C=O) groups is 2. The van der Waals surface area contributed by atoms with Gasteiger partial charge in [0, 0.05) is 0 Å². The van der Waals surface area contributed by atoms with Gasteiger partial charge in [0.25, 0.3) is 0 Å². The molecule has 0 aromatic heterocycles. The molecule has 1 aliphatic rings. The topological polar surface area (TPSA) is 52.6 Å². The van der Waals surface area contributed by atoms with Gasteiger partial charge in [0.05, 0.1) is 18.5 Å². The highest BCUT2D eigenvalue weighted by molar-refractivity contribution is 8.22. The molecule has 1 heterocycles. The van der Waals surface area contributed by atoms with Crippen LogP contribution in [0.25, 0.3) is 0 Å². The molecule has 0 saturated carbocycles. The Kier molecular flexibility index (Phi) is 5.04. The summed E-state index contributed by atoms with van der Waals surface area (Å²) in [6, 6.07) is 0. The van der Waals surface area contributed by atoms with E-state index >= 15 is 0 Å². The summed E-state index contributed by atoms with van der Waals surface area (Å²) < 4.78 is 9.84. The van der Waals surface area contributed by atoms with Crippen molar-refractivity contribution >= 4 is 35.5 Å². The molecule has 4 nitrogen and oxygen atoms in total. The third kappa shape index (κ3) is 3.17. The van der Waals surface area contributed by atoms with Crippen LogP contribution in [0.5, 0.6) is 0 Å². The number of methoxy groups -OCH3 is 2. The van der Waals surface area contributed by atoms with E-state index in [1.54, 1.807) is 0 Å². The Hall–Kier alpha value is -0.620. The maximum absolute atomic E-state index is 11.4. The summed E-state index contributed by atoms with van der Waals surface area (Å²) in [4.78, 5) is 22.8. The van der Waals surface area contributed by atoms with Crippen molar-refractivity contribution in [2.24, 2.45) is 0 Å². The molecule has 0 aromatic carbocycles. The minimum Gasteiger partial charge on any atom is -0.465 e. The first-order valence-electron chi connectivity index (χ1n) is 4.37. The summed E-state index contributed by atoms with van der Waals surface area (Å²) in [5.74, 6) is 0.581. The predicted octanol–water partition coefficient (Wildman–Crippen LogP) is 1.41. The Morgan fingerprint density at radius 1 is 1.07 bits per heavy atom. The number of hydrogen-bond acceptors (Lipinski definition) is 6. The van der Waals surface area contributed by atoms with Crippen molar-refractivity contribution in [3.63, 3.8) is 0 Å². The molecule has 0 N–H and O–H groups in total. The number of hydrogen-bond donors (Lipinski definition) is 0. The van der Waals surface area contributed by atoms with Gasteiger partial charge in [-0.15, -0.1) is 23.5 Å². The quantitative estimate of drug-likeness (QED) is 0.319. The molecule has 0 bridgehead atoms. The van der Waals surface area contributed by atoms with Gasteiger partial charge in [-0.1, -0.05) is 0 Å².